The van der Waals surface area contributed by atoms with Crippen LogP contribution in [0.1, 0.15) is 63.0 Å². The van der Waals surface area contributed by atoms with Crippen molar-refractivity contribution in [2.75, 3.05) is 0 Å². The van der Waals surface area contributed by atoms with Crippen LogP contribution in [0.15, 0.2) is 0 Å². The molecular formula is C15H23F3N4. The Bertz CT molecular complexity index is 511. The zero-order valence-corrected chi connectivity index (χ0v) is 12.9. The fourth-order valence-corrected chi connectivity index (χ4v) is 3.74. The molecule has 1 saturated carbocycles. The molecular weight excluding hydrogens is 293 g/mol. The fourth-order valence-electron chi connectivity index (χ4n) is 3.74. The van der Waals surface area contributed by atoms with Crippen molar-refractivity contribution < 1.29 is 13.2 Å². The largest absolute Gasteiger partial charge is 0.398 e. The number of nitrogens with one attached hydrogen (secondary N) is 1. The lowest BCUT2D eigenvalue weighted by Gasteiger charge is -2.25. The van der Waals surface area contributed by atoms with Gasteiger partial charge in [0.25, 0.3) is 0 Å². The normalized spacial score (nSPS) is 28.8. The highest BCUT2D eigenvalue weighted by molar-refractivity contribution is 5.08. The van der Waals surface area contributed by atoms with Crippen molar-refractivity contribution in [3.8, 4) is 0 Å². The van der Waals surface area contributed by atoms with E-state index in [2.05, 4.69) is 22.4 Å². The standard InChI is InChI=1S/C15H23F3N4/c1-2-10-5-6-11(8-10)19-9-13-20-21-14-12(15(16,17)18)4-3-7-22(13)14/h10-12,19H,2-9H2,1H3/t10-,11-,12+/m1/s1. The van der Waals surface area contributed by atoms with E-state index in [1.165, 1.54) is 12.8 Å². The molecule has 3 atom stereocenters. The lowest BCUT2D eigenvalue weighted by molar-refractivity contribution is -0.156. The van der Waals surface area contributed by atoms with Crippen LogP contribution in [0.2, 0.25) is 0 Å². The molecule has 0 amide bonds. The maximum absolute atomic E-state index is 13.0. The quantitative estimate of drug-likeness (QED) is 0.926. The summed E-state index contributed by atoms with van der Waals surface area (Å²) < 4.78 is 40.8. The minimum Gasteiger partial charge on any atom is -0.313 e. The van der Waals surface area contributed by atoms with Gasteiger partial charge < -0.3 is 9.88 Å². The highest BCUT2D eigenvalue weighted by Gasteiger charge is 2.45. The first-order valence-corrected chi connectivity index (χ1v) is 8.21. The molecule has 4 nitrogen and oxygen atoms in total. The van der Waals surface area contributed by atoms with E-state index < -0.39 is 12.1 Å². The molecule has 124 valence electrons. The number of nitrogens with zero attached hydrogens (tertiary/aromatic N) is 3. The second-order valence-electron chi connectivity index (χ2n) is 6.53. The second-order valence-corrected chi connectivity index (χ2v) is 6.53. The summed E-state index contributed by atoms with van der Waals surface area (Å²) in [6.07, 6.45) is 1.16. The summed E-state index contributed by atoms with van der Waals surface area (Å²) in [5.41, 5.74) is 0. The second kappa shape index (κ2) is 6.18. The van der Waals surface area contributed by atoms with Crippen molar-refractivity contribution in [3.05, 3.63) is 11.6 Å². The molecule has 1 N–H and O–H groups in total. The van der Waals surface area contributed by atoms with Crippen LogP contribution in [0, 0.1) is 5.92 Å². The van der Waals surface area contributed by atoms with Gasteiger partial charge in [-0.1, -0.05) is 13.3 Å². The van der Waals surface area contributed by atoms with Gasteiger partial charge in [0.15, 0.2) is 0 Å². The molecule has 2 aliphatic rings. The average molecular weight is 316 g/mol. The van der Waals surface area contributed by atoms with Crippen molar-refractivity contribution in [1.29, 1.82) is 0 Å². The number of hydrogen-bond donors (Lipinski definition) is 1. The maximum Gasteiger partial charge on any atom is 0.398 e. The molecule has 0 saturated heterocycles. The fraction of sp³-hybridized carbons (Fsp3) is 0.867. The minimum absolute atomic E-state index is 0.0911. The summed E-state index contributed by atoms with van der Waals surface area (Å²) in [7, 11) is 0. The summed E-state index contributed by atoms with van der Waals surface area (Å²) >= 11 is 0. The van der Waals surface area contributed by atoms with Gasteiger partial charge >= 0.3 is 6.18 Å². The van der Waals surface area contributed by atoms with Gasteiger partial charge in [-0.05, 0) is 38.0 Å². The van der Waals surface area contributed by atoms with Crippen LogP contribution in [0.5, 0.6) is 0 Å². The number of alkyl halides is 3. The van der Waals surface area contributed by atoms with E-state index in [4.69, 9.17) is 0 Å². The third-order valence-corrected chi connectivity index (χ3v) is 5.10. The Balaban J connectivity index is 1.65. The molecule has 1 fully saturated rings. The van der Waals surface area contributed by atoms with E-state index >= 15 is 0 Å². The first kappa shape index (κ1) is 15.8. The Labute approximate surface area is 128 Å². The molecule has 2 heterocycles. The van der Waals surface area contributed by atoms with Crippen LogP contribution in [0.4, 0.5) is 13.2 Å². The highest BCUT2D eigenvalue weighted by atomic mass is 19.4. The first-order chi connectivity index (χ1) is 10.5. The Hall–Kier alpha value is -1.11. The predicted molar refractivity (Wildman–Crippen MR) is 76.3 cm³/mol. The zero-order chi connectivity index (χ0) is 15.7. The van der Waals surface area contributed by atoms with Gasteiger partial charge in [0.2, 0.25) is 0 Å². The smallest absolute Gasteiger partial charge is 0.313 e. The molecule has 0 unspecified atom stereocenters. The summed E-state index contributed by atoms with van der Waals surface area (Å²) in [5, 5.41) is 11.3. The van der Waals surface area contributed by atoms with Crippen molar-refractivity contribution in [1.82, 2.24) is 20.1 Å². The molecule has 0 bridgehead atoms. The van der Waals surface area contributed by atoms with Crippen LogP contribution >= 0.6 is 0 Å². The van der Waals surface area contributed by atoms with Crippen LogP contribution in [-0.2, 0) is 13.1 Å². The topological polar surface area (TPSA) is 42.7 Å². The van der Waals surface area contributed by atoms with E-state index in [1.54, 1.807) is 4.57 Å². The van der Waals surface area contributed by atoms with Crippen LogP contribution in [0.3, 0.4) is 0 Å². The number of hydrogen-bond acceptors (Lipinski definition) is 3. The summed E-state index contributed by atoms with van der Waals surface area (Å²) in [4.78, 5) is 0. The van der Waals surface area contributed by atoms with Crippen LogP contribution in [-0.4, -0.2) is 27.0 Å². The number of aromatic nitrogens is 3. The van der Waals surface area contributed by atoms with E-state index in [1.807, 2.05) is 0 Å². The van der Waals surface area contributed by atoms with Crippen molar-refractivity contribution in [2.24, 2.45) is 5.92 Å². The summed E-state index contributed by atoms with van der Waals surface area (Å²) in [5.74, 6) is 0.0511. The lowest BCUT2D eigenvalue weighted by atomic mass is 9.98. The van der Waals surface area contributed by atoms with Gasteiger partial charge in [0, 0.05) is 12.6 Å². The Kier molecular flexibility index (Phi) is 4.43. The summed E-state index contributed by atoms with van der Waals surface area (Å²) in [6.45, 7) is 3.31. The minimum atomic E-state index is -4.23. The van der Waals surface area contributed by atoms with Crippen molar-refractivity contribution in [3.63, 3.8) is 0 Å². The molecule has 1 aliphatic heterocycles. The monoisotopic (exact) mass is 316 g/mol. The molecule has 7 heteroatoms. The maximum atomic E-state index is 13.0. The molecule has 1 aliphatic carbocycles. The first-order valence-electron chi connectivity index (χ1n) is 8.21. The predicted octanol–water partition coefficient (Wildman–Crippen LogP) is 3.39. The zero-order valence-electron chi connectivity index (χ0n) is 12.9. The third kappa shape index (κ3) is 3.14. The van der Waals surface area contributed by atoms with E-state index in [0.29, 0.717) is 31.4 Å². The van der Waals surface area contributed by atoms with Gasteiger partial charge in [-0.3, -0.25) is 0 Å². The highest BCUT2D eigenvalue weighted by Crippen LogP contribution is 2.40. The van der Waals surface area contributed by atoms with Gasteiger partial charge in [0.1, 0.15) is 17.6 Å². The molecule has 0 radical (unpaired) electrons. The lowest BCUT2D eigenvalue weighted by Crippen LogP contribution is -2.31. The van der Waals surface area contributed by atoms with Gasteiger partial charge in [-0.2, -0.15) is 13.2 Å². The van der Waals surface area contributed by atoms with E-state index in [9.17, 15) is 13.2 Å². The Morgan fingerprint density at radius 2 is 2.05 bits per heavy atom. The van der Waals surface area contributed by atoms with Crippen molar-refractivity contribution >= 4 is 0 Å². The molecule has 1 aromatic heterocycles. The van der Waals surface area contributed by atoms with Gasteiger partial charge in [-0.15, -0.1) is 10.2 Å². The van der Waals surface area contributed by atoms with E-state index in [0.717, 1.165) is 18.8 Å². The third-order valence-electron chi connectivity index (χ3n) is 5.10. The summed E-state index contributed by atoms with van der Waals surface area (Å²) in [6, 6.07) is 0.458. The van der Waals surface area contributed by atoms with Crippen molar-refractivity contribution in [2.45, 2.75) is 76.7 Å². The molecule has 22 heavy (non-hydrogen) atoms. The van der Waals surface area contributed by atoms with Crippen LogP contribution in [0.25, 0.3) is 0 Å². The number of fused-ring (bicyclic) bond motifs is 1. The molecule has 1 aromatic rings. The molecule has 3 rings (SSSR count). The Morgan fingerprint density at radius 1 is 1.23 bits per heavy atom. The number of rotatable bonds is 4. The average Bonchev–Trinajstić information content (AvgIpc) is 3.10. The van der Waals surface area contributed by atoms with Crippen LogP contribution < -0.4 is 5.32 Å². The van der Waals surface area contributed by atoms with E-state index in [-0.39, 0.29) is 12.2 Å². The Morgan fingerprint density at radius 3 is 2.73 bits per heavy atom. The molecule has 0 aromatic carbocycles. The SMILES string of the molecule is CC[C@@H]1CC[C@@H](NCc2nnc3n2CCC[C@@H]3C(F)(F)F)C1. The number of halogens is 3. The molecule has 0 spiro atoms. The van der Waals surface area contributed by atoms with Gasteiger partial charge in [-0.25, -0.2) is 0 Å². The van der Waals surface area contributed by atoms with Gasteiger partial charge in [0.05, 0.1) is 6.54 Å².